The maximum Gasteiger partial charge on any atom is 0.00500 e. The van der Waals surface area contributed by atoms with Crippen LogP contribution in [-0.2, 0) is 12.8 Å². The van der Waals surface area contributed by atoms with Gasteiger partial charge >= 0.3 is 0 Å². The number of aryl methyl sites for hydroxylation is 3. The molecule has 115 valence electrons. The Labute approximate surface area is 135 Å². The Bertz CT molecular complexity index is 568. The summed E-state index contributed by atoms with van der Waals surface area (Å²) in [5.41, 5.74) is 5.71. The van der Waals surface area contributed by atoms with Gasteiger partial charge < -0.3 is 0 Å². The van der Waals surface area contributed by atoms with Crippen LogP contribution in [0.1, 0.15) is 54.9 Å². The molecular formula is C22H27. The Morgan fingerprint density at radius 2 is 1.27 bits per heavy atom. The van der Waals surface area contributed by atoms with Gasteiger partial charge in [0.05, 0.1) is 0 Å². The van der Waals surface area contributed by atoms with Crippen LogP contribution in [0.5, 0.6) is 0 Å². The van der Waals surface area contributed by atoms with E-state index in [4.69, 9.17) is 0 Å². The maximum atomic E-state index is 2.38. The highest BCUT2D eigenvalue weighted by Gasteiger charge is 2.19. The quantitative estimate of drug-likeness (QED) is 0.656. The van der Waals surface area contributed by atoms with E-state index in [0.717, 1.165) is 18.8 Å². The van der Waals surface area contributed by atoms with E-state index in [1.165, 1.54) is 47.9 Å². The summed E-state index contributed by atoms with van der Waals surface area (Å²) in [6.07, 6.45) is 7.59. The Hall–Kier alpha value is -1.56. The SMILES string of the molecule is Cc1ccc(CCc2ccc([C]3CCC(C)CC3)cc2)cc1. The standard InChI is InChI=1S/C22H27/c1-17-3-7-19(8-4-17)9-10-20-11-15-22(16-12-20)21-13-5-18(2)6-14-21/h3-4,7-8,11-12,15-16,18H,5-6,9-10,13-14H2,1-2H3. The summed E-state index contributed by atoms with van der Waals surface area (Å²) in [7, 11) is 0. The summed E-state index contributed by atoms with van der Waals surface area (Å²) < 4.78 is 0. The molecule has 0 atom stereocenters. The average Bonchev–Trinajstić information content (AvgIpc) is 2.56. The van der Waals surface area contributed by atoms with E-state index in [0.29, 0.717) is 0 Å². The Morgan fingerprint density at radius 3 is 1.82 bits per heavy atom. The molecule has 0 heterocycles. The fourth-order valence-electron chi connectivity index (χ4n) is 3.35. The van der Waals surface area contributed by atoms with Crippen molar-refractivity contribution in [2.45, 2.75) is 52.4 Å². The van der Waals surface area contributed by atoms with Gasteiger partial charge in [-0.2, -0.15) is 0 Å². The molecule has 0 nitrogen and oxygen atoms in total. The van der Waals surface area contributed by atoms with Crippen LogP contribution in [0, 0.1) is 18.8 Å². The van der Waals surface area contributed by atoms with Gasteiger partial charge in [0.25, 0.3) is 0 Å². The predicted molar refractivity (Wildman–Crippen MR) is 95.0 cm³/mol. The van der Waals surface area contributed by atoms with Crippen molar-refractivity contribution < 1.29 is 0 Å². The minimum absolute atomic E-state index is 0.914. The lowest BCUT2D eigenvalue weighted by atomic mass is 9.79. The fourth-order valence-corrected chi connectivity index (χ4v) is 3.35. The monoisotopic (exact) mass is 291 g/mol. The highest BCUT2D eigenvalue weighted by atomic mass is 14.2. The van der Waals surface area contributed by atoms with Crippen molar-refractivity contribution in [1.82, 2.24) is 0 Å². The summed E-state index contributed by atoms with van der Waals surface area (Å²) in [6.45, 7) is 4.52. The van der Waals surface area contributed by atoms with Gasteiger partial charge in [-0.05, 0) is 68.1 Å². The summed E-state index contributed by atoms with van der Waals surface area (Å²) in [6, 6.07) is 18.3. The second-order valence-corrected chi connectivity index (χ2v) is 6.97. The lowest BCUT2D eigenvalue weighted by molar-refractivity contribution is 0.416. The molecule has 3 rings (SSSR count). The first-order valence-corrected chi connectivity index (χ1v) is 8.70. The number of hydrogen-bond donors (Lipinski definition) is 0. The van der Waals surface area contributed by atoms with Crippen LogP contribution in [0.25, 0.3) is 0 Å². The van der Waals surface area contributed by atoms with E-state index in [1.54, 1.807) is 5.92 Å². The van der Waals surface area contributed by atoms with Crippen molar-refractivity contribution >= 4 is 0 Å². The molecule has 0 amide bonds. The molecule has 1 radical (unpaired) electrons. The smallest absolute Gasteiger partial charge is 0.00500 e. The average molecular weight is 291 g/mol. The third-order valence-electron chi connectivity index (χ3n) is 5.06. The van der Waals surface area contributed by atoms with E-state index >= 15 is 0 Å². The van der Waals surface area contributed by atoms with Gasteiger partial charge in [-0.15, -0.1) is 0 Å². The van der Waals surface area contributed by atoms with Gasteiger partial charge in [0, 0.05) is 5.92 Å². The zero-order valence-electron chi connectivity index (χ0n) is 13.9. The van der Waals surface area contributed by atoms with Crippen LogP contribution < -0.4 is 0 Å². The third kappa shape index (κ3) is 4.00. The van der Waals surface area contributed by atoms with Crippen LogP contribution in [0.15, 0.2) is 48.5 Å². The molecule has 22 heavy (non-hydrogen) atoms. The van der Waals surface area contributed by atoms with E-state index in [-0.39, 0.29) is 0 Å². The fraction of sp³-hybridized carbons (Fsp3) is 0.409. The van der Waals surface area contributed by atoms with Crippen molar-refractivity contribution in [1.29, 1.82) is 0 Å². The Morgan fingerprint density at radius 1 is 0.773 bits per heavy atom. The molecule has 0 spiro atoms. The number of benzene rings is 2. The molecule has 0 saturated heterocycles. The molecule has 1 aliphatic rings. The third-order valence-corrected chi connectivity index (χ3v) is 5.06. The highest BCUT2D eigenvalue weighted by Crippen LogP contribution is 2.34. The number of hydrogen-bond acceptors (Lipinski definition) is 0. The molecule has 1 aliphatic carbocycles. The normalized spacial score (nSPS) is 16.8. The topological polar surface area (TPSA) is 0 Å². The summed E-state index contributed by atoms with van der Waals surface area (Å²) in [4.78, 5) is 0. The molecule has 0 heteroatoms. The van der Waals surface area contributed by atoms with Crippen LogP contribution in [0.4, 0.5) is 0 Å². The second-order valence-electron chi connectivity index (χ2n) is 6.97. The zero-order chi connectivity index (χ0) is 15.4. The Balaban J connectivity index is 1.56. The van der Waals surface area contributed by atoms with Crippen LogP contribution in [-0.4, -0.2) is 0 Å². The first-order valence-electron chi connectivity index (χ1n) is 8.70. The van der Waals surface area contributed by atoms with E-state index in [1.807, 2.05) is 0 Å². The minimum atomic E-state index is 0.914. The van der Waals surface area contributed by atoms with E-state index in [2.05, 4.69) is 62.4 Å². The zero-order valence-corrected chi connectivity index (χ0v) is 13.9. The molecule has 0 N–H and O–H groups in total. The molecule has 0 aliphatic heterocycles. The largest absolute Gasteiger partial charge is 0.0625 e. The minimum Gasteiger partial charge on any atom is -0.0625 e. The molecule has 1 fully saturated rings. The molecule has 2 aromatic rings. The predicted octanol–water partition coefficient (Wildman–Crippen LogP) is 5.91. The van der Waals surface area contributed by atoms with Crippen molar-refractivity contribution in [2.24, 2.45) is 5.92 Å². The van der Waals surface area contributed by atoms with Crippen molar-refractivity contribution in [3.8, 4) is 0 Å². The molecule has 0 aromatic heterocycles. The summed E-state index contributed by atoms with van der Waals surface area (Å²) in [5.74, 6) is 2.58. The number of rotatable bonds is 4. The summed E-state index contributed by atoms with van der Waals surface area (Å²) >= 11 is 0. The first-order chi connectivity index (χ1) is 10.7. The van der Waals surface area contributed by atoms with Gasteiger partial charge in [-0.3, -0.25) is 0 Å². The molecular weight excluding hydrogens is 264 g/mol. The molecule has 1 saturated carbocycles. The second kappa shape index (κ2) is 7.13. The lowest BCUT2D eigenvalue weighted by Gasteiger charge is -2.26. The van der Waals surface area contributed by atoms with Gasteiger partial charge in [0.15, 0.2) is 0 Å². The molecule has 0 bridgehead atoms. The van der Waals surface area contributed by atoms with Gasteiger partial charge in [0.2, 0.25) is 0 Å². The van der Waals surface area contributed by atoms with E-state index in [9.17, 15) is 0 Å². The van der Waals surface area contributed by atoms with Gasteiger partial charge in [0.1, 0.15) is 0 Å². The van der Waals surface area contributed by atoms with E-state index < -0.39 is 0 Å². The lowest BCUT2D eigenvalue weighted by Crippen LogP contribution is -2.11. The Kier molecular flexibility index (Phi) is 4.97. The molecule has 2 aromatic carbocycles. The van der Waals surface area contributed by atoms with Gasteiger partial charge in [-0.1, -0.05) is 61.0 Å². The van der Waals surface area contributed by atoms with Crippen molar-refractivity contribution in [2.75, 3.05) is 0 Å². The van der Waals surface area contributed by atoms with Crippen LogP contribution in [0.3, 0.4) is 0 Å². The highest BCUT2D eigenvalue weighted by molar-refractivity contribution is 5.34. The van der Waals surface area contributed by atoms with Crippen LogP contribution >= 0.6 is 0 Å². The van der Waals surface area contributed by atoms with Crippen LogP contribution in [0.2, 0.25) is 0 Å². The molecule has 0 unspecified atom stereocenters. The van der Waals surface area contributed by atoms with Gasteiger partial charge in [-0.25, -0.2) is 0 Å². The van der Waals surface area contributed by atoms with Crippen molar-refractivity contribution in [3.63, 3.8) is 0 Å². The summed E-state index contributed by atoms with van der Waals surface area (Å²) in [5, 5.41) is 0. The first kappa shape index (κ1) is 15.3. The maximum absolute atomic E-state index is 2.38. The van der Waals surface area contributed by atoms with Crippen molar-refractivity contribution in [3.05, 3.63) is 76.7 Å².